The zero-order valence-electron chi connectivity index (χ0n) is 15.4. The molecule has 1 saturated heterocycles. The fourth-order valence-corrected chi connectivity index (χ4v) is 4.54. The van der Waals surface area contributed by atoms with Gasteiger partial charge >= 0.3 is 5.97 Å². The van der Waals surface area contributed by atoms with Crippen molar-refractivity contribution in [1.29, 1.82) is 0 Å². The summed E-state index contributed by atoms with van der Waals surface area (Å²) in [6, 6.07) is 15.0. The highest BCUT2D eigenvalue weighted by atomic mass is 32.2. The highest BCUT2D eigenvalue weighted by molar-refractivity contribution is 8.02. The van der Waals surface area contributed by atoms with Gasteiger partial charge in [0.1, 0.15) is 6.61 Å². The van der Waals surface area contributed by atoms with Crippen molar-refractivity contribution < 1.29 is 19.2 Å². The number of hydrogen-bond donors (Lipinski definition) is 0. The topological polar surface area (TPSA) is 89.7 Å². The summed E-state index contributed by atoms with van der Waals surface area (Å²) < 4.78 is 5.44. The lowest BCUT2D eigenvalue weighted by molar-refractivity contribution is -0.384. The van der Waals surface area contributed by atoms with Crippen LogP contribution in [0.5, 0.6) is 0 Å². The van der Waals surface area contributed by atoms with Crippen LogP contribution in [0.4, 0.5) is 5.69 Å². The number of nitro groups is 1. The third-order valence-corrected chi connectivity index (χ3v) is 6.10. The van der Waals surface area contributed by atoms with E-state index < -0.39 is 16.9 Å². The van der Waals surface area contributed by atoms with Crippen LogP contribution in [0.2, 0.25) is 0 Å². The Morgan fingerprint density at radius 2 is 1.86 bits per heavy atom. The Morgan fingerprint density at radius 1 is 1.14 bits per heavy atom. The van der Waals surface area contributed by atoms with Gasteiger partial charge in [-0.1, -0.05) is 30.3 Å². The number of hydrogen-bond acceptors (Lipinski definition) is 6. The lowest BCUT2D eigenvalue weighted by Crippen LogP contribution is -2.55. The van der Waals surface area contributed by atoms with Crippen molar-refractivity contribution >= 4 is 29.3 Å². The molecule has 8 heteroatoms. The number of ether oxygens (including phenoxy) is 1. The van der Waals surface area contributed by atoms with E-state index in [-0.39, 0.29) is 24.2 Å². The smallest absolute Gasteiger partial charge is 0.334 e. The number of rotatable bonds is 7. The van der Waals surface area contributed by atoms with Crippen LogP contribution in [0.3, 0.4) is 0 Å². The maximum Gasteiger partial charge on any atom is 0.334 e. The van der Waals surface area contributed by atoms with Gasteiger partial charge in [0.15, 0.2) is 6.04 Å². The molecule has 2 aromatic rings. The number of carbonyl (C=O) groups is 2. The minimum atomic E-state index is -0.715. The Hall–Kier alpha value is -3.13. The van der Waals surface area contributed by atoms with Crippen LogP contribution < -0.4 is 0 Å². The molecule has 1 unspecified atom stereocenters. The van der Waals surface area contributed by atoms with Crippen molar-refractivity contribution in [2.75, 3.05) is 0 Å². The number of nitrogens with zero attached hydrogens (tertiary/aromatic N) is 2. The lowest BCUT2D eigenvalue weighted by Gasteiger charge is -2.38. The highest BCUT2D eigenvalue weighted by Gasteiger charge is 2.50. The summed E-state index contributed by atoms with van der Waals surface area (Å²) in [6.07, 6.45) is 2.40. The molecule has 148 valence electrons. The quantitative estimate of drug-likeness (QED) is 0.301. The number of β-lactam (4-membered cyclic amide) rings is 1. The third-order valence-electron chi connectivity index (χ3n) is 4.93. The van der Waals surface area contributed by atoms with E-state index in [1.165, 1.54) is 12.1 Å². The van der Waals surface area contributed by atoms with E-state index in [1.807, 2.05) is 36.4 Å². The van der Waals surface area contributed by atoms with E-state index in [0.717, 1.165) is 10.5 Å². The average molecular weight is 410 g/mol. The Balaban J connectivity index is 1.41. The first-order chi connectivity index (χ1) is 14.0. The van der Waals surface area contributed by atoms with Crippen molar-refractivity contribution in [3.8, 4) is 0 Å². The monoisotopic (exact) mass is 410 g/mol. The number of nitro benzene ring substituents is 1. The highest BCUT2D eigenvalue weighted by Crippen LogP contribution is 2.40. The summed E-state index contributed by atoms with van der Waals surface area (Å²) in [5, 5.41) is 10.7. The molecule has 0 aromatic heterocycles. The normalized spacial score (nSPS) is 19.9. The fraction of sp³-hybridized carbons (Fsp3) is 0.238. The molecule has 0 radical (unpaired) electrons. The van der Waals surface area contributed by atoms with Gasteiger partial charge in [-0.3, -0.25) is 14.9 Å². The molecule has 0 N–H and O–H groups in total. The molecule has 0 saturated carbocycles. The fourth-order valence-electron chi connectivity index (χ4n) is 3.39. The molecule has 29 heavy (non-hydrogen) atoms. The molecular weight excluding hydrogens is 392 g/mol. The third kappa shape index (κ3) is 4.02. The second kappa shape index (κ2) is 8.08. The molecule has 1 amide bonds. The molecule has 2 aromatic carbocycles. The van der Waals surface area contributed by atoms with Crippen LogP contribution in [0.15, 0.2) is 65.6 Å². The number of benzene rings is 2. The van der Waals surface area contributed by atoms with Crippen LogP contribution in [-0.2, 0) is 26.7 Å². The first kappa shape index (κ1) is 19.2. The van der Waals surface area contributed by atoms with Crippen LogP contribution in [-0.4, -0.2) is 33.8 Å². The summed E-state index contributed by atoms with van der Waals surface area (Å²) >= 11 is 1.54. The summed E-state index contributed by atoms with van der Waals surface area (Å²) in [5.41, 5.74) is 1.76. The Kier molecular flexibility index (Phi) is 5.35. The van der Waals surface area contributed by atoms with Crippen LogP contribution >= 0.6 is 11.8 Å². The van der Waals surface area contributed by atoms with E-state index in [4.69, 9.17) is 4.74 Å². The minimum absolute atomic E-state index is 0.00332. The molecule has 2 aliphatic rings. The lowest BCUT2D eigenvalue weighted by atomic mass is 10.0. The zero-order valence-corrected chi connectivity index (χ0v) is 16.2. The molecule has 2 heterocycles. The van der Waals surface area contributed by atoms with E-state index in [1.54, 1.807) is 28.8 Å². The molecule has 1 fully saturated rings. The summed E-state index contributed by atoms with van der Waals surface area (Å²) in [5.74, 6) is 0.164. The summed E-state index contributed by atoms with van der Waals surface area (Å²) in [6.45, 7) is -0.00332. The van der Waals surface area contributed by atoms with Gasteiger partial charge in [-0.15, -0.1) is 11.8 Å². The number of amides is 1. The number of fused-ring (bicyclic) bond motifs is 1. The van der Waals surface area contributed by atoms with E-state index in [0.29, 0.717) is 17.7 Å². The molecule has 0 bridgehead atoms. The molecular formula is C21H18N2O5S. The predicted molar refractivity (Wildman–Crippen MR) is 108 cm³/mol. The van der Waals surface area contributed by atoms with Gasteiger partial charge in [-0.25, -0.2) is 4.79 Å². The van der Waals surface area contributed by atoms with Crippen molar-refractivity contribution in [2.24, 2.45) is 0 Å². The first-order valence-electron chi connectivity index (χ1n) is 9.12. The van der Waals surface area contributed by atoms with Gasteiger partial charge in [-0.2, -0.15) is 0 Å². The first-order valence-corrected chi connectivity index (χ1v) is 10.1. The molecule has 7 nitrogen and oxygen atoms in total. The Labute approximate surface area is 171 Å². The Bertz CT molecular complexity index is 974. The number of esters is 1. The number of non-ortho nitro benzene ring substituents is 1. The molecule has 2 atom stereocenters. The summed E-state index contributed by atoms with van der Waals surface area (Å²) in [7, 11) is 0. The molecule has 0 aliphatic carbocycles. The molecule has 4 rings (SSSR count). The second-order valence-electron chi connectivity index (χ2n) is 6.85. The largest absolute Gasteiger partial charge is 0.459 e. The maximum absolute atomic E-state index is 12.8. The van der Waals surface area contributed by atoms with Crippen LogP contribution in [0.1, 0.15) is 17.5 Å². The molecule has 0 spiro atoms. The maximum atomic E-state index is 12.8. The van der Waals surface area contributed by atoms with Crippen LogP contribution in [0.25, 0.3) is 0 Å². The average Bonchev–Trinajstić information content (AvgIpc) is 3.03. The zero-order chi connectivity index (χ0) is 20.4. The van der Waals surface area contributed by atoms with E-state index in [2.05, 4.69) is 0 Å². The van der Waals surface area contributed by atoms with Crippen molar-refractivity contribution in [3.63, 3.8) is 0 Å². The summed E-state index contributed by atoms with van der Waals surface area (Å²) in [4.78, 5) is 37.5. The van der Waals surface area contributed by atoms with Crippen LogP contribution in [0, 0.1) is 10.1 Å². The van der Waals surface area contributed by atoms with Crippen molar-refractivity contribution in [2.45, 2.75) is 30.9 Å². The Morgan fingerprint density at radius 3 is 2.52 bits per heavy atom. The van der Waals surface area contributed by atoms with Gasteiger partial charge in [0, 0.05) is 22.8 Å². The standard InChI is InChI=1S/C21H18N2O5S/c24-19-11-17-10-18(29-13-15-4-2-1-3-5-15)20(22(17)19)21(25)28-12-14-6-8-16(9-7-14)23(26)27/h1-10,17,20H,11-13H2/t17?,20-/m0/s1. The SMILES string of the molecule is O=C(OCc1ccc([N+](=O)[O-])cc1)[C@@H]1C(SCc2ccccc2)=CC2CC(=O)N21. The van der Waals surface area contributed by atoms with Gasteiger partial charge in [-0.05, 0) is 29.3 Å². The second-order valence-corrected chi connectivity index (χ2v) is 7.90. The molecule has 2 aliphatic heterocycles. The van der Waals surface area contributed by atoms with Crippen molar-refractivity contribution in [3.05, 3.63) is 86.8 Å². The van der Waals surface area contributed by atoms with Gasteiger partial charge in [0.05, 0.1) is 17.4 Å². The van der Waals surface area contributed by atoms with Crippen molar-refractivity contribution in [1.82, 2.24) is 4.90 Å². The number of thioether (sulfide) groups is 1. The van der Waals surface area contributed by atoms with Gasteiger partial charge in [0.2, 0.25) is 5.91 Å². The van der Waals surface area contributed by atoms with Gasteiger partial charge < -0.3 is 9.64 Å². The predicted octanol–water partition coefficient (Wildman–Crippen LogP) is 3.44. The van der Waals surface area contributed by atoms with Gasteiger partial charge in [0.25, 0.3) is 5.69 Å². The minimum Gasteiger partial charge on any atom is -0.459 e. The van der Waals surface area contributed by atoms with E-state index >= 15 is 0 Å². The number of carbonyl (C=O) groups excluding carboxylic acids is 2. The van der Waals surface area contributed by atoms with E-state index in [9.17, 15) is 19.7 Å².